The highest BCUT2D eigenvalue weighted by Gasteiger charge is 2.16. The first kappa shape index (κ1) is 22.5. The molecule has 0 amide bonds. The van der Waals surface area contributed by atoms with Crippen LogP contribution in [0.1, 0.15) is 18.1 Å². The highest BCUT2D eigenvalue weighted by Crippen LogP contribution is 2.32. The van der Waals surface area contributed by atoms with E-state index in [1.165, 1.54) is 19.2 Å². The fourth-order valence-electron chi connectivity index (χ4n) is 3.58. The molecule has 0 aromatic heterocycles. The molecule has 0 heterocycles. The number of methoxy groups -OCH3 is 1. The average Bonchev–Trinajstić information content (AvgIpc) is 2.85. The highest BCUT2D eigenvalue weighted by molar-refractivity contribution is 5.72. The third-order valence-corrected chi connectivity index (χ3v) is 5.55. The molecule has 2 nitrogen and oxygen atoms in total. The van der Waals surface area contributed by atoms with Crippen LogP contribution in [0, 0.1) is 17.5 Å². The lowest BCUT2D eigenvalue weighted by atomic mass is 9.97. The van der Waals surface area contributed by atoms with Crippen LogP contribution >= 0.6 is 0 Å². The van der Waals surface area contributed by atoms with E-state index in [0.717, 1.165) is 17.5 Å². The largest absolute Gasteiger partial charge is 0.497 e. The van der Waals surface area contributed by atoms with E-state index in [2.05, 4.69) is 0 Å². The number of rotatable bonds is 7. The third-order valence-electron chi connectivity index (χ3n) is 5.55. The minimum absolute atomic E-state index is 0.107. The van der Waals surface area contributed by atoms with Crippen molar-refractivity contribution in [3.63, 3.8) is 0 Å². The van der Waals surface area contributed by atoms with Crippen LogP contribution in [-0.4, -0.2) is 7.11 Å². The van der Waals surface area contributed by atoms with Gasteiger partial charge in [0.05, 0.1) is 7.11 Å². The molecule has 0 bridgehead atoms. The maximum absolute atomic E-state index is 14.9. The molecule has 0 fully saturated rings. The first-order valence-corrected chi connectivity index (χ1v) is 10.6. The van der Waals surface area contributed by atoms with Crippen molar-refractivity contribution in [3.8, 4) is 33.8 Å². The monoisotopic (exact) mass is 448 g/mol. The van der Waals surface area contributed by atoms with E-state index in [1.54, 1.807) is 54.6 Å². The van der Waals surface area contributed by atoms with Crippen molar-refractivity contribution in [2.24, 2.45) is 0 Å². The van der Waals surface area contributed by atoms with Crippen LogP contribution in [0.4, 0.5) is 13.2 Å². The van der Waals surface area contributed by atoms with Gasteiger partial charge in [0.15, 0.2) is 23.2 Å². The molecular formula is C28H23F3O2. The third kappa shape index (κ3) is 4.87. The van der Waals surface area contributed by atoms with Gasteiger partial charge in [0.25, 0.3) is 0 Å². The predicted octanol–water partition coefficient (Wildman–Crippen LogP) is 7.59. The smallest absolute Gasteiger partial charge is 0.168 e. The Hall–Kier alpha value is -3.73. The number of aryl methyl sites for hydroxylation is 1. The maximum Gasteiger partial charge on any atom is 0.168 e. The van der Waals surface area contributed by atoms with Crippen molar-refractivity contribution in [3.05, 3.63) is 107 Å². The number of benzene rings is 4. The second-order valence-electron chi connectivity index (χ2n) is 7.62. The molecule has 0 saturated carbocycles. The van der Waals surface area contributed by atoms with Crippen LogP contribution < -0.4 is 9.47 Å². The molecule has 0 atom stereocenters. The lowest BCUT2D eigenvalue weighted by Gasteiger charge is -2.11. The molecule has 4 rings (SSSR count). The number of hydrogen-bond acceptors (Lipinski definition) is 2. The van der Waals surface area contributed by atoms with Gasteiger partial charge in [-0.25, -0.2) is 13.2 Å². The van der Waals surface area contributed by atoms with Gasteiger partial charge in [0, 0.05) is 17.2 Å². The second kappa shape index (κ2) is 9.82. The molecule has 4 aromatic rings. The summed E-state index contributed by atoms with van der Waals surface area (Å²) in [6, 6.07) is 21.8. The van der Waals surface area contributed by atoms with Crippen molar-refractivity contribution >= 4 is 0 Å². The summed E-state index contributed by atoms with van der Waals surface area (Å²) in [7, 11) is 1.46. The molecule has 0 aliphatic carbocycles. The van der Waals surface area contributed by atoms with Crippen LogP contribution in [0.3, 0.4) is 0 Å². The zero-order chi connectivity index (χ0) is 23.4. The van der Waals surface area contributed by atoms with E-state index < -0.39 is 17.5 Å². The van der Waals surface area contributed by atoms with E-state index in [-0.39, 0.29) is 23.5 Å². The molecule has 4 aromatic carbocycles. The first-order chi connectivity index (χ1) is 16.0. The van der Waals surface area contributed by atoms with Gasteiger partial charge in [-0.15, -0.1) is 0 Å². The summed E-state index contributed by atoms with van der Waals surface area (Å²) in [5.74, 6) is -1.78. The van der Waals surface area contributed by atoms with E-state index >= 15 is 0 Å². The Morgan fingerprint density at radius 2 is 1.21 bits per heavy atom. The molecular weight excluding hydrogens is 425 g/mol. The quantitative estimate of drug-likeness (QED) is 0.290. The van der Waals surface area contributed by atoms with Crippen LogP contribution in [0.5, 0.6) is 11.5 Å². The van der Waals surface area contributed by atoms with Crippen molar-refractivity contribution in [2.75, 3.05) is 7.11 Å². The summed E-state index contributed by atoms with van der Waals surface area (Å²) in [6.07, 6.45) is 0.881. The van der Waals surface area contributed by atoms with Crippen molar-refractivity contribution in [2.45, 2.75) is 20.0 Å². The molecule has 168 valence electrons. The summed E-state index contributed by atoms with van der Waals surface area (Å²) in [5.41, 5.74) is 3.48. The number of hydrogen-bond donors (Lipinski definition) is 0. The topological polar surface area (TPSA) is 18.5 Å². The molecule has 0 saturated heterocycles. The normalized spacial score (nSPS) is 10.8. The molecule has 5 heteroatoms. The SMILES string of the molecule is CCc1ccc(-c2ccc(-c3ccc(COc4ccc(OC)cc4F)cc3)c(F)c2F)cc1. The minimum atomic E-state index is -0.892. The van der Waals surface area contributed by atoms with Gasteiger partial charge < -0.3 is 9.47 Å². The Morgan fingerprint density at radius 3 is 1.70 bits per heavy atom. The standard InChI is InChI=1S/C28H23F3O2/c1-3-18-4-8-20(9-5-18)23-13-14-24(28(31)27(23)30)21-10-6-19(7-11-21)17-33-26-15-12-22(32-2)16-25(26)29/h4-16H,3,17H2,1-2H3. The average molecular weight is 448 g/mol. The summed E-state index contributed by atoms with van der Waals surface area (Å²) in [6.45, 7) is 2.17. The summed E-state index contributed by atoms with van der Waals surface area (Å²) in [4.78, 5) is 0. The Balaban J connectivity index is 1.51. The van der Waals surface area contributed by atoms with Gasteiger partial charge in [-0.1, -0.05) is 67.6 Å². The molecule has 33 heavy (non-hydrogen) atoms. The van der Waals surface area contributed by atoms with Gasteiger partial charge >= 0.3 is 0 Å². The predicted molar refractivity (Wildman–Crippen MR) is 124 cm³/mol. The zero-order valence-electron chi connectivity index (χ0n) is 18.4. The Kier molecular flexibility index (Phi) is 6.68. The first-order valence-electron chi connectivity index (χ1n) is 10.6. The lowest BCUT2D eigenvalue weighted by molar-refractivity contribution is 0.289. The lowest BCUT2D eigenvalue weighted by Crippen LogP contribution is -1.98. The minimum Gasteiger partial charge on any atom is -0.497 e. The van der Waals surface area contributed by atoms with Gasteiger partial charge in [-0.3, -0.25) is 0 Å². The molecule has 0 spiro atoms. The fourth-order valence-corrected chi connectivity index (χ4v) is 3.58. The molecule has 0 aliphatic heterocycles. The van der Waals surface area contributed by atoms with Crippen LogP contribution in [0.15, 0.2) is 78.9 Å². The summed E-state index contributed by atoms with van der Waals surface area (Å²) >= 11 is 0. The Labute approximate surface area is 191 Å². The number of ether oxygens (including phenoxy) is 2. The van der Waals surface area contributed by atoms with E-state index in [0.29, 0.717) is 16.9 Å². The fraction of sp³-hybridized carbons (Fsp3) is 0.143. The van der Waals surface area contributed by atoms with Crippen LogP contribution in [0.2, 0.25) is 0 Å². The molecule has 0 radical (unpaired) electrons. The van der Waals surface area contributed by atoms with Gasteiger partial charge in [0.2, 0.25) is 0 Å². The highest BCUT2D eigenvalue weighted by atomic mass is 19.2. The molecule has 0 unspecified atom stereocenters. The van der Waals surface area contributed by atoms with E-state index in [4.69, 9.17) is 9.47 Å². The van der Waals surface area contributed by atoms with Crippen molar-refractivity contribution in [1.29, 1.82) is 0 Å². The Bertz CT molecular complexity index is 1250. The molecule has 0 aliphatic rings. The van der Waals surface area contributed by atoms with Crippen molar-refractivity contribution < 1.29 is 22.6 Å². The van der Waals surface area contributed by atoms with Gasteiger partial charge in [-0.2, -0.15) is 0 Å². The number of halogens is 3. The second-order valence-corrected chi connectivity index (χ2v) is 7.62. The summed E-state index contributed by atoms with van der Waals surface area (Å²) < 4.78 is 54.3. The van der Waals surface area contributed by atoms with E-state index in [1.807, 2.05) is 19.1 Å². The van der Waals surface area contributed by atoms with E-state index in [9.17, 15) is 13.2 Å². The maximum atomic E-state index is 14.9. The van der Waals surface area contributed by atoms with Gasteiger partial charge in [-0.05, 0) is 40.8 Å². The molecule has 0 N–H and O–H groups in total. The zero-order valence-corrected chi connectivity index (χ0v) is 18.4. The van der Waals surface area contributed by atoms with Crippen molar-refractivity contribution in [1.82, 2.24) is 0 Å². The van der Waals surface area contributed by atoms with Gasteiger partial charge in [0.1, 0.15) is 12.4 Å². The Morgan fingerprint density at radius 1 is 0.667 bits per heavy atom. The van der Waals surface area contributed by atoms with Crippen LogP contribution in [-0.2, 0) is 13.0 Å². The summed E-state index contributed by atoms with van der Waals surface area (Å²) in [5, 5.41) is 0. The van der Waals surface area contributed by atoms with Crippen LogP contribution in [0.25, 0.3) is 22.3 Å².